The summed E-state index contributed by atoms with van der Waals surface area (Å²) >= 11 is 0. The lowest BCUT2D eigenvalue weighted by molar-refractivity contribution is 0.0640. The highest BCUT2D eigenvalue weighted by Gasteiger charge is 2.34. The molecule has 0 radical (unpaired) electrons. The lowest BCUT2D eigenvalue weighted by atomic mass is 10.1. The van der Waals surface area contributed by atoms with Gasteiger partial charge in [-0.05, 0) is 43.4 Å². The number of carbonyl (C=O) groups excluding carboxylic acids is 2. The average molecular weight is 358 g/mol. The molecule has 0 aromatic heterocycles. The second kappa shape index (κ2) is 8.47. The molecule has 1 aromatic carbocycles. The second-order valence-corrected chi connectivity index (χ2v) is 7.06. The van der Waals surface area contributed by atoms with E-state index in [0.29, 0.717) is 49.5 Å². The van der Waals surface area contributed by atoms with E-state index in [-0.39, 0.29) is 11.8 Å². The van der Waals surface area contributed by atoms with Crippen LogP contribution in [0.25, 0.3) is 0 Å². The Bertz CT molecular complexity index is 666. The Labute approximate surface area is 153 Å². The van der Waals surface area contributed by atoms with Crippen LogP contribution in [0.3, 0.4) is 0 Å². The van der Waals surface area contributed by atoms with Crippen LogP contribution in [0.1, 0.15) is 46.9 Å². The number of amides is 2. The number of fused-ring (bicyclic) bond motifs is 1. The van der Waals surface area contributed by atoms with Gasteiger partial charge in [0.05, 0.1) is 30.4 Å². The lowest BCUT2D eigenvalue weighted by Crippen LogP contribution is -2.33. The van der Waals surface area contributed by atoms with Crippen molar-refractivity contribution in [2.45, 2.75) is 32.3 Å². The predicted octanol–water partition coefficient (Wildman–Crippen LogP) is 1.95. The van der Waals surface area contributed by atoms with Crippen LogP contribution in [0.4, 0.5) is 0 Å². The third kappa shape index (κ3) is 4.31. The molecule has 6 nitrogen and oxygen atoms in total. The van der Waals surface area contributed by atoms with E-state index in [0.717, 1.165) is 18.8 Å². The van der Waals surface area contributed by atoms with E-state index < -0.39 is 6.10 Å². The Kier molecular flexibility index (Phi) is 6.06. The Morgan fingerprint density at radius 2 is 1.96 bits per heavy atom. The number of hydrogen-bond donors (Lipinski definition) is 2. The average Bonchev–Trinajstić information content (AvgIpc) is 2.89. The molecule has 0 saturated heterocycles. The fraction of sp³-hybridized carbons (Fsp3) is 0.500. The number of nitrogens with zero attached hydrogens (tertiary/aromatic N) is 1. The first-order valence-electron chi connectivity index (χ1n) is 9.22. The highest BCUT2D eigenvalue weighted by molar-refractivity contribution is 6.21. The van der Waals surface area contributed by atoms with Crippen molar-refractivity contribution in [3.05, 3.63) is 47.2 Å². The molecule has 3 rings (SSSR count). The fourth-order valence-electron chi connectivity index (χ4n) is 3.22. The number of allylic oxidation sites excluding steroid dienone is 1. The summed E-state index contributed by atoms with van der Waals surface area (Å²) in [5.41, 5.74) is 0.935. The van der Waals surface area contributed by atoms with Gasteiger partial charge in [-0.2, -0.15) is 0 Å². The number of ether oxygens (including phenoxy) is 1. The molecule has 2 aliphatic heterocycles. The number of benzene rings is 1. The van der Waals surface area contributed by atoms with E-state index in [2.05, 4.69) is 18.3 Å². The summed E-state index contributed by atoms with van der Waals surface area (Å²) in [7, 11) is 0. The van der Waals surface area contributed by atoms with Crippen LogP contribution >= 0.6 is 0 Å². The number of aliphatic hydroxyl groups is 1. The van der Waals surface area contributed by atoms with Crippen LogP contribution in [-0.4, -0.2) is 54.2 Å². The molecule has 2 atom stereocenters. The molecule has 6 heteroatoms. The zero-order valence-electron chi connectivity index (χ0n) is 15.1. The zero-order chi connectivity index (χ0) is 18.5. The Balaban J connectivity index is 1.36. The maximum atomic E-state index is 12.3. The van der Waals surface area contributed by atoms with Crippen LogP contribution in [0.2, 0.25) is 0 Å². The SMILES string of the molecule is C[C@@H]1CC=C(CNCC(O)CCCN2C(=O)c3ccccc3C2=O)OC1. The van der Waals surface area contributed by atoms with Crippen LogP contribution in [0.5, 0.6) is 0 Å². The summed E-state index contributed by atoms with van der Waals surface area (Å²) in [6.07, 6.45) is 3.70. The molecule has 0 bridgehead atoms. The molecule has 1 aromatic rings. The molecular weight excluding hydrogens is 332 g/mol. The number of imide groups is 1. The van der Waals surface area contributed by atoms with Gasteiger partial charge >= 0.3 is 0 Å². The van der Waals surface area contributed by atoms with E-state index in [1.54, 1.807) is 24.3 Å². The van der Waals surface area contributed by atoms with E-state index in [1.807, 2.05) is 0 Å². The molecule has 0 spiro atoms. The maximum Gasteiger partial charge on any atom is 0.261 e. The summed E-state index contributed by atoms with van der Waals surface area (Å²) in [4.78, 5) is 25.8. The van der Waals surface area contributed by atoms with Crippen LogP contribution in [0.15, 0.2) is 36.1 Å². The van der Waals surface area contributed by atoms with Gasteiger partial charge in [0.25, 0.3) is 11.8 Å². The second-order valence-electron chi connectivity index (χ2n) is 7.06. The van der Waals surface area contributed by atoms with Crippen molar-refractivity contribution in [1.29, 1.82) is 0 Å². The van der Waals surface area contributed by atoms with Crippen molar-refractivity contribution in [2.75, 3.05) is 26.2 Å². The van der Waals surface area contributed by atoms with Gasteiger partial charge in [0, 0.05) is 13.1 Å². The largest absolute Gasteiger partial charge is 0.497 e. The van der Waals surface area contributed by atoms with Gasteiger partial charge in [-0.15, -0.1) is 0 Å². The summed E-state index contributed by atoms with van der Waals surface area (Å²) in [6.45, 7) is 4.30. The monoisotopic (exact) mass is 358 g/mol. The Morgan fingerprint density at radius 3 is 2.58 bits per heavy atom. The van der Waals surface area contributed by atoms with Gasteiger partial charge in [0.1, 0.15) is 5.76 Å². The first kappa shape index (κ1) is 18.6. The molecule has 0 aliphatic carbocycles. The highest BCUT2D eigenvalue weighted by Crippen LogP contribution is 2.22. The molecule has 0 saturated carbocycles. The van der Waals surface area contributed by atoms with Gasteiger partial charge in [-0.1, -0.05) is 19.1 Å². The summed E-state index contributed by atoms with van der Waals surface area (Å²) in [5, 5.41) is 13.3. The van der Waals surface area contributed by atoms with Gasteiger partial charge in [-0.25, -0.2) is 0 Å². The first-order chi connectivity index (χ1) is 12.6. The van der Waals surface area contributed by atoms with Gasteiger partial charge in [0.15, 0.2) is 0 Å². The van der Waals surface area contributed by atoms with E-state index in [9.17, 15) is 14.7 Å². The Hall–Kier alpha value is -2.18. The minimum Gasteiger partial charge on any atom is -0.497 e. The predicted molar refractivity (Wildman–Crippen MR) is 97.7 cm³/mol. The minimum atomic E-state index is -0.520. The standard InChI is InChI=1S/C20H26N2O4/c1-14-8-9-16(26-13-14)12-21-11-15(23)5-4-10-22-19(24)17-6-2-3-7-18(17)20(22)25/h2-3,6-7,9,14-15,21,23H,4-5,8,10-13H2,1H3/t14-,15?/m1/s1. The van der Waals surface area contributed by atoms with Crippen LogP contribution in [0, 0.1) is 5.92 Å². The summed E-state index contributed by atoms with van der Waals surface area (Å²) < 4.78 is 5.61. The van der Waals surface area contributed by atoms with Crippen LogP contribution in [-0.2, 0) is 4.74 Å². The molecule has 0 fully saturated rings. The minimum absolute atomic E-state index is 0.242. The summed E-state index contributed by atoms with van der Waals surface area (Å²) in [6, 6.07) is 6.87. The van der Waals surface area contributed by atoms with Crippen molar-refractivity contribution in [3.8, 4) is 0 Å². The van der Waals surface area contributed by atoms with Crippen LogP contribution < -0.4 is 5.32 Å². The van der Waals surface area contributed by atoms with E-state index >= 15 is 0 Å². The fourth-order valence-corrected chi connectivity index (χ4v) is 3.22. The van der Waals surface area contributed by atoms with Crippen molar-refractivity contribution in [2.24, 2.45) is 5.92 Å². The van der Waals surface area contributed by atoms with Crippen molar-refractivity contribution in [3.63, 3.8) is 0 Å². The smallest absolute Gasteiger partial charge is 0.261 e. The van der Waals surface area contributed by atoms with Crippen molar-refractivity contribution >= 4 is 11.8 Å². The molecule has 1 unspecified atom stereocenters. The third-order valence-electron chi connectivity index (χ3n) is 4.78. The topological polar surface area (TPSA) is 78.9 Å². The third-order valence-corrected chi connectivity index (χ3v) is 4.78. The quantitative estimate of drug-likeness (QED) is 0.695. The summed E-state index contributed by atoms with van der Waals surface area (Å²) in [5.74, 6) is 1.01. The van der Waals surface area contributed by atoms with Gasteiger partial charge in [0.2, 0.25) is 0 Å². The number of carbonyl (C=O) groups is 2. The number of nitrogens with one attached hydrogen (secondary N) is 1. The van der Waals surface area contributed by atoms with E-state index in [4.69, 9.17) is 4.74 Å². The number of hydrogen-bond acceptors (Lipinski definition) is 5. The first-order valence-corrected chi connectivity index (χ1v) is 9.22. The molecule has 2 heterocycles. The zero-order valence-corrected chi connectivity index (χ0v) is 15.1. The molecule has 26 heavy (non-hydrogen) atoms. The molecule has 2 amide bonds. The van der Waals surface area contributed by atoms with Gasteiger partial charge in [-0.3, -0.25) is 14.5 Å². The lowest BCUT2D eigenvalue weighted by Gasteiger charge is -2.21. The molecule has 2 aliphatic rings. The van der Waals surface area contributed by atoms with Gasteiger partial charge < -0.3 is 15.2 Å². The Morgan fingerprint density at radius 1 is 1.27 bits per heavy atom. The van der Waals surface area contributed by atoms with E-state index in [1.165, 1.54) is 4.90 Å². The highest BCUT2D eigenvalue weighted by atomic mass is 16.5. The molecule has 2 N–H and O–H groups in total. The van der Waals surface area contributed by atoms with Crippen molar-refractivity contribution in [1.82, 2.24) is 10.2 Å². The normalized spacial score (nSPS) is 20.6. The maximum absolute atomic E-state index is 12.3. The van der Waals surface area contributed by atoms with Crippen molar-refractivity contribution < 1.29 is 19.4 Å². The number of aliphatic hydroxyl groups excluding tert-OH is 1. The molecule has 140 valence electrons. The molecular formula is C20H26N2O4. The number of rotatable bonds is 8.